The van der Waals surface area contributed by atoms with Crippen LogP contribution in [0.3, 0.4) is 0 Å². The Morgan fingerprint density at radius 1 is 1.40 bits per heavy atom. The molecule has 0 bridgehead atoms. The Bertz CT molecular complexity index is 424. The van der Waals surface area contributed by atoms with E-state index in [9.17, 15) is 4.79 Å². The van der Waals surface area contributed by atoms with Crippen LogP contribution in [0, 0.1) is 13.8 Å². The average Bonchev–Trinajstić information content (AvgIpc) is 2.58. The van der Waals surface area contributed by atoms with Crippen molar-refractivity contribution in [2.24, 2.45) is 5.73 Å². The zero-order chi connectivity index (χ0) is 11.0. The molecule has 15 heavy (non-hydrogen) atoms. The molecule has 0 radical (unpaired) electrons. The summed E-state index contributed by atoms with van der Waals surface area (Å²) in [5, 5.41) is 0. The van der Waals surface area contributed by atoms with Gasteiger partial charge in [0.05, 0.1) is 5.69 Å². The van der Waals surface area contributed by atoms with Gasteiger partial charge in [-0.15, -0.1) is 0 Å². The van der Waals surface area contributed by atoms with Crippen LogP contribution in [0.5, 0.6) is 0 Å². The van der Waals surface area contributed by atoms with Gasteiger partial charge in [0.15, 0.2) is 0 Å². The van der Waals surface area contributed by atoms with E-state index in [-0.39, 0.29) is 17.5 Å². The van der Waals surface area contributed by atoms with Crippen molar-refractivity contribution in [3.63, 3.8) is 0 Å². The van der Waals surface area contributed by atoms with Gasteiger partial charge in [-0.1, -0.05) is 6.42 Å². The Hall–Kier alpha value is -1.16. The summed E-state index contributed by atoms with van der Waals surface area (Å²) in [5.41, 5.74) is 7.63. The Kier molecular flexibility index (Phi) is 2.61. The number of nitrogens with one attached hydrogen (secondary N) is 1. The zero-order valence-electron chi connectivity index (χ0n) is 9.21. The number of nitrogens with zero attached hydrogens (tertiary/aromatic N) is 1. The number of hydrogen-bond acceptors (Lipinski definition) is 3. The highest BCUT2D eigenvalue weighted by molar-refractivity contribution is 5.22. The third-order valence-corrected chi connectivity index (χ3v) is 3.23. The van der Waals surface area contributed by atoms with Crippen molar-refractivity contribution in [3.8, 4) is 0 Å². The fourth-order valence-corrected chi connectivity index (χ4v) is 2.36. The van der Waals surface area contributed by atoms with Crippen molar-refractivity contribution in [2.75, 3.05) is 0 Å². The van der Waals surface area contributed by atoms with Crippen LogP contribution in [-0.4, -0.2) is 16.0 Å². The molecule has 0 aliphatic heterocycles. The van der Waals surface area contributed by atoms with Crippen LogP contribution in [0.2, 0.25) is 0 Å². The van der Waals surface area contributed by atoms with E-state index in [4.69, 9.17) is 5.73 Å². The van der Waals surface area contributed by atoms with Gasteiger partial charge in [-0.3, -0.25) is 4.79 Å². The summed E-state index contributed by atoms with van der Waals surface area (Å²) in [4.78, 5) is 18.7. The molecule has 1 aliphatic rings. The van der Waals surface area contributed by atoms with Crippen molar-refractivity contribution >= 4 is 0 Å². The Morgan fingerprint density at radius 2 is 2.13 bits per heavy atom. The molecule has 4 heteroatoms. The fraction of sp³-hybridized carbons (Fsp3) is 0.636. The van der Waals surface area contributed by atoms with Crippen LogP contribution in [-0.2, 0) is 0 Å². The maximum atomic E-state index is 11.6. The molecule has 4 nitrogen and oxygen atoms in total. The van der Waals surface area contributed by atoms with E-state index < -0.39 is 0 Å². The molecule has 1 aromatic rings. The third-order valence-electron chi connectivity index (χ3n) is 3.23. The third kappa shape index (κ3) is 1.81. The molecule has 82 valence electrons. The first-order valence-electron chi connectivity index (χ1n) is 5.42. The van der Waals surface area contributed by atoms with Crippen molar-refractivity contribution in [1.82, 2.24) is 9.97 Å². The van der Waals surface area contributed by atoms with Gasteiger partial charge in [0.25, 0.3) is 5.56 Å². The topological polar surface area (TPSA) is 71.8 Å². The highest BCUT2D eigenvalue weighted by Gasteiger charge is 2.28. The summed E-state index contributed by atoms with van der Waals surface area (Å²) < 4.78 is 0. The Labute approximate surface area is 88.9 Å². The first kappa shape index (κ1) is 10.4. The predicted molar refractivity (Wildman–Crippen MR) is 58.9 cm³/mol. The number of H-pyrrole nitrogens is 1. The second-order valence-electron chi connectivity index (χ2n) is 4.36. The molecule has 2 rings (SSSR count). The number of hydrogen-bond donors (Lipinski definition) is 2. The van der Waals surface area contributed by atoms with Crippen LogP contribution in [0.1, 0.15) is 42.3 Å². The first-order chi connectivity index (χ1) is 7.09. The Morgan fingerprint density at radius 3 is 2.73 bits per heavy atom. The average molecular weight is 207 g/mol. The molecular formula is C11H17N3O. The van der Waals surface area contributed by atoms with E-state index in [0.29, 0.717) is 5.82 Å². The fourth-order valence-electron chi connectivity index (χ4n) is 2.36. The minimum Gasteiger partial charge on any atom is -0.327 e. The van der Waals surface area contributed by atoms with Crippen molar-refractivity contribution in [1.29, 1.82) is 0 Å². The molecule has 1 fully saturated rings. The number of aromatic nitrogens is 2. The second-order valence-corrected chi connectivity index (χ2v) is 4.36. The van der Waals surface area contributed by atoms with Gasteiger partial charge in [0.1, 0.15) is 5.82 Å². The van der Waals surface area contributed by atoms with Gasteiger partial charge in [-0.05, 0) is 26.7 Å². The monoisotopic (exact) mass is 207 g/mol. The van der Waals surface area contributed by atoms with E-state index >= 15 is 0 Å². The summed E-state index contributed by atoms with van der Waals surface area (Å²) >= 11 is 0. The van der Waals surface area contributed by atoms with Gasteiger partial charge < -0.3 is 10.7 Å². The van der Waals surface area contributed by atoms with Gasteiger partial charge >= 0.3 is 0 Å². The maximum absolute atomic E-state index is 11.6. The zero-order valence-corrected chi connectivity index (χ0v) is 9.21. The lowest BCUT2D eigenvalue weighted by Crippen LogP contribution is -2.27. The molecule has 0 spiro atoms. The van der Waals surface area contributed by atoms with Crippen LogP contribution in [0.15, 0.2) is 4.79 Å². The molecule has 0 amide bonds. The first-order valence-corrected chi connectivity index (χ1v) is 5.42. The number of aromatic amines is 1. The molecule has 1 aromatic heterocycles. The van der Waals surface area contributed by atoms with Crippen molar-refractivity contribution in [3.05, 3.63) is 27.4 Å². The predicted octanol–water partition coefficient (Wildman–Crippen LogP) is 0.982. The number of nitrogens with two attached hydrogens (primary N) is 1. The van der Waals surface area contributed by atoms with E-state index in [1.54, 1.807) is 0 Å². The lowest BCUT2D eigenvalue weighted by molar-refractivity contribution is 0.589. The molecule has 2 unspecified atom stereocenters. The van der Waals surface area contributed by atoms with Gasteiger partial charge in [0, 0.05) is 17.5 Å². The van der Waals surface area contributed by atoms with Gasteiger partial charge in [-0.2, -0.15) is 0 Å². The van der Waals surface area contributed by atoms with Crippen LogP contribution in [0.4, 0.5) is 0 Å². The van der Waals surface area contributed by atoms with Crippen molar-refractivity contribution in [2.45, 2.75) is 45.1 Å². The second kappa shape index (κ2) is 3.77. The molecule has 0 saturated heterocycles. The quantitative estimate of drug-likeness (QED) is 0.721. The summed E-state index contributed by atoms with van der Waals surface area (Å²) in [6.07, 6.45) is 3.23. The molecule has 3 N–H and O–H groups in total. The summed E-state index contributed by atoms with van der Waals surface area (Å²) in [5.74, 6) is 0.950. The minimum atomic E-state index is -0.0309. The summed E-state index contributed by atoms with van der Waals surface area (Å²) in [6.45, 7) is 3.64. The standard InChI is InChI=1S/C11H17N3O/c1-6-10(8-4-3-5-9(8)12)13-7(2)14-11(6)15/h8-9H,3-5,12H2,1-2H3,(H,13,14,15). The number of rotatable bonds is 1. The van der Waals surface area contributed by atoms with Crippen molar-refractivity contribution < 1.29 is 0 Å². The van der Waals surface area contributed by atoms with Crippen LogP contribution < -0.4 is 11.3 Å². The lowest BCUT2D eigenvalue weighted by atomic mass is 9.97. The largest absolute Gasteiger partial charge is 0.327 e. The molecule has 0 aromatic carbocycles. The van der Waals surface area contributed by atoms with E-state index in [0.717, 1.165) is 30.5 Å². The van der Waals surface area contributed by atoms with E-state index in [2.05, 4.69) is 9.97 Å². The van der Waals surface area contributed by atoms with Gasteiger partial charge in [0.2, 0.25) is 0 Å². The van der Waals surface area contributed by atoms with Crippen LogP contribution in [0.25, 0.3) is 0 Å². The highest BCUT2D eigenvalue weighted by atomic mass is 16.1. The normalized spacial score (nSPS) is 25.8. The lowest BCUT2D eigenvalue weighted by Gasteiger charge is -2.16. The molecule has 1 heterocycles. The summed E-state index contributed by atoms with van der Waals surface area (Å²) in [7, 11) is 0. The SMILES string of the molecule is Cc1nc(C2CCCC2N)c(C)c(=O)[nH]1. The molecular weight excluding hydrogens is 190 g/mol. The van der Waals surface area contributed by atoms with E-state index in [1.165, 1.54) is 0 Å². The van der Waals surface area contributed by atoms with Crippen LogP contribution >= 0.6 is 0 Å². The molecule has 2 atom stereocenters. The smallest absolute Gasteiger partial charge is 0.254 e. The molecule has 1 saturated carbocycles. The highest BCUT2D eigenvalue weighted by Crippen LogP contribution is 2.32. The molecule has 1 aliphatic carbocycles. The van der Waals surface area contributed by atoms with Gasteiger partial charge in [-0.25, -0.2) is 4.98 Å². The maximum Gasteiger partial charge on any atom is 0.254 e. The Balaban J connectivity index is 2.47. The minimum absolute atomic E-state index is 0.0309. The van der Waals surface area contributed by atoms with E-state index in [1.807, 2.05) is 13.8 Å². The summed E-state index contributed by atoms with van der Waals surface area (Å²) in [6, 6.07) is 0.164. The number of aryl methyl sites for hydroxylation is 1.